The van der Waals surface area contributed by atoms with E-state index in [1.54, 1.807) is 9.42 Å². The van der Waals surface area contributed by atoms with Crippen molar-refractivity contribution in [1.82, 2.24) is 24.5 Å². The number of nitrogens with zero attached hydrogens (tertiary/aromatic N) is 5. The van der Waals surface area contributed by atoms with Crippen LogP contribution in [0.3, 0.4) is 0 Å². The molecule has 0 aliphatic carbocycles. The summed E-state index contributed by atoms with van der Waals surface area (Å²) in [5.41, 5.74) is 1.21. The van der Waals surface area contributed by atoms with Crippen LogP contribution in [0.4, 0.5) is 0 Å². The summed E-state index contributed by atoms with van der Waals surface area (Å²) in [5.74, 6) is 0.361. The molecule has 1 aliphatic rings. The highest BCUT2D eigenvalue weighted by atomic mass is 16.3. The van der Waals surface area contributed by atoms with Crippen molar-refractivity contribution in [3.05, 3.63) is 23.8 Å². The van der Waals surface area contributed by atoms with E-state index in [1.807, 2.05) is 6.92 Å². The Hall–Kier alpha value is -2.02. The van der Waals surface area contributed by atoms with E-state index in [2.05, 4.69) is 15.1 Å². The van der Waals surface area contributed by atoms with Crippen molar-refractivity contribution in [2.45, 2.75) is 19.4 Å². The molecule has 0 radical (unpaired) electrons. The molecule has 0 aromatic carbocycles. The Morgan fingerprint density at radius 1 is 1.50 bits per heavy atom. The molecule has 94 valence electrons. The van der Waals surface area contributed by atoms with Gasteiger partial charge < -0.3 is 10.0 Å². The van der Waals surface area contributed by atoms with Crippen molar-refractivity contribution >= 4 is 11.7 Å². The summed E-state index contributed by atoms with van der Waals surface area (Å²) in [6.07, 6.45) is 3.14. The maximum Gasteiger partial charge on any atom is 0.257 e. The van der Waals surface area contributed by atoms with E-state index < -0.39 is 6.10 Å². The van der Waals surface area contributed by atoms with E-state index in [9.17, 15) is 9.90 Å². The molecule has 1 unspecified atom stereocenters. The maximum absolute atomic E-state index is 12.3. The van der Waals surface area contributed by atoms with Crippen LogP contribution in [0.5, 0.6) is 0 Å². The monoisotopic (exact) mass is 247 g/mol. The van der Waals surface area contributed by atoms with Gasteiger partial charge in [-0.1, -0.05) is 0 Å². The van der Waals surface area contributed by atoms with Crippen LogP contribution in [0.1, 0.15) is 22.5 Å². The van der Waals surface area contributed by atoms with Crippen LogP contribution in [0.2, 0.25) is 0 Å². The van der Waals surface area contributed by atoms with E-state index in [-0.39, 0.29) is 5.91 Å². The van der Waals surface area contributed by atoms with Gasteiger partial charge in [0.25, 0.3) is 11.7 Å². The molecule has 1 saturated heterocycles. The molecule has 0 saturated carbocycles. The van der Waals surface area contributed by atoms with Crippen LogP contribution < -0.4 is 0 Å². The minimum Gasteiger partial charge on any atom is -0.391 e. The number of aliphatic hydroxyl groups is 1. The summed E-state index contributed by atoms with van der Waals surface area (Å²) in [5, 5.41) is 13.5. The van der Waals surface area contributed by atoms with Crippen LogP contribution in [0.15, 0.2) is 12.5 Å². The molecule has 3 heterocycles. The highest BCUT2D eigenvalue weighted by Crippen LogP contribution is 2.15. The van der Waals surface area contributed by atoms with E-state index in [4.69, 9.17) is 0 Å². The summed E-state index contributed by atoms with van der Waals surface area (Å²) < 4.78 is 1.54. The molecule has 2 aromatic heterocycles. The predicted octanol–water partition coefficient (Wildman–Crippen LogP) is -0.360. The van der Waals surface area contributed by atoms with Gasteiger partial charge in [0.05, 0.1) is 17.4 Å². The Kier molecular flexibility index (Phi) is 2.48. The SMILES string of the molecule is Cc1c(C(=O)N2CCC(O)C2)cnc2ncnn12. The van der Waals surface area contributed by atoms with Gasteiger partial charge in [-0.25, -0.2) is 9.50 Å². The standard InChI is InChI=1S/C11H13N5O2/c1-7-9(4-12-11-13-6-14-16(7)11)10(18)15-3-2-8(17)5-15/h4,6,8,17H,2-3,5H2,1H3. The van der Waals surface area contributed by atoms with E-state index >= 15 is 0 Å². The molecule has 1 atom stereocenters. The summed E-state index contributed by atoms with van der Waals surface area (Å²) >= 11 is 0. The normalized spacial score (nSPS) is 19.7. The summed E-state index contributed by atoms with van der Waals surface area (Å²) in [6.45, 7) is 2.77. The van der Waals surface area contributed by atoms with Crippen molar-refractivity contribution in [2.75, 3.05) is 13.1 Å². The van der Waals surface area contributed by atoms with Crippen LogP contribution >= 0.6 is 0 Å². The summed E-state index contributed by atoms with van der Waals surface area (Å²) in [4.78, 5) is 22.0. The Morgan fingerprint density at radius 2 is 2.33 bits per heavy atom. The Bertz CT molecular complexity index is 608. The number of hydrogen-bond acceptors (Lipinski definition) is 5. The van der Waals surface area contributed by atoms with Gasteiger partial charge in [0.15, 0.2) is 0 Å². The lowest BCUT2D eigenvalue weighted by Crippen LogP contribution is -2.30. The van der Waals surface area contributed by atoms with Gasteiger partial charge in [-0.15, -0.1) is 0 Å². The van der Waals surface area contributed by atoms with Gasteiger partial charge in [-0.05, 0) is 13.3 Å². The molecule has 2 aromatic rings. The average Bonchev–Trinajstić information content (AvgIpc) is 2.97. The van der Waals surface area contributed by atoms with Gasteiger partial charge in [-0.2, -0.15) is 10.1 Å². The number of hydrogen-bond donors (Lipinski definition) is 1. The number of likely N-dealkylation sites (tertiary alicyclic amines) is 1. The minimum absolute atomic E-state index is 0.117. The molecular weight excluding hydrogens is 234 g/mol. The molecule has 3 rings (SSSR count). The number of β-amino-alcohol motifs (C(OH)–C–C–N with tert-alkyl or cyclic N) is 1. The summed E-state index contributed by atoms with van der Waals surface area (Å²) in [6, 6.07) is 0. The minimum atomic E-state index is -0.419. The second kappa shape index (κ2) is 4.02. The number of rotatable bonds is 1. The van der Waals surface area contributed by atoms with Crippen molar-refractivity contribution in [3.63, 3.8) is 0 Å². The van der Waals surface area contributed by atoms with Crippen molar-refractivity contribution < 1.29 is 9.90 Å². The Morgan fingerprint density at radius 3 is 3.06 bits per heavy atom. The third kappa shape index (κ3) is 1.63. The number of carbonyl (C=O) groups excluding carboxylic acids is 1. The predicted molar refractivity (Wildman–Crippen MR) is 62.0 cm³/mol. The Labute approximate surface area is 103 Å². The molecule has 1 aliphatic heterocycles. The summed E-state index contributed by atoms with van der Waals surface area (Å²) in [7, 11) is 0. The van der Waals surface area contributed by atoms with Crippen molar-refractivity contribution in [1.29, 1.82) is 0 Å². The fourth-order valence-corrected chi connectivity index (χ4v) is 2.20. The van der Waals surface area contributed by atoms with Gasteiger partial charge in [-0.3, -0.25) is 4.79 Å². The van der Waals surface area contributed by atoms with Gasteiger partial charge >= 0.3 is 0 Å². The first-order valence-corrected chi connectivity index (χ1v) is 5.79. The van der Waals surface area contributed by atoms with E-state index in [0.29, 0.717) is 36.5 Å². The van der Waals surface area contributed by atoms with Gasteiger partial charge in [0.1, 0.15) is 6.33 Å². The van der Waals surface area contributed by atoms with E-state index in [0.717, 1.165) is 0 Å². The second-order valence-electron chi connectivity index (χ2n) is 4.42. The molecule has 1 fully saturated rings. The van der Waals surface area contributed by atoms with Gasteiger partial charge in [0.2, 0.25) is 0 Å². The van der Waals surface area contributed by atoms with Crippen molar-refractivity contribution in [2.24, 2.45) is 0 Å². The molecular formula is C11H13N5O2. The molecule has 7 nitrogen and oxygen atoms in total. The van der Waals surface area contributed by atoms with Crippen LogP contribution in [0, 0.1) is 6.92 Å². The Balaban J connectivity index is 1.98. The molecule has 0 spiro atoms. The number of carbonyl (C=O) groups is 1. The first kappa shape index (κ1) is 11.1. The van der Waals surface area contributed by atoms with E-state index in [1.165, 1.54) is 12.5 Å². The smallest absolute Gasteiger partial charge is 0.257 e. The lowest BCUT2D eigenvalue weighted by Gasteiger charge is -2.16. The number of aliphatic hydroxyl groups excluding tert-OH is 1. The van der Waals surface area contributed by atoms with Crippen LogP contribution in [0.25, 0.3) is 5.78 Å². The number of aromatic nitrogens is 4. The zero-order valence-electron chi connectivity index (χ0n) is 9.94. The van der Waals surface area contributed by atoms with Crippen molar-refractivity contribution in [3.8, 4) is 0 Å². The quantitative estimate of drug-likeness (QED) is 0.744. The van der Waals surface area contributed by atoms with Crippen LogP contribution in [-0.2, 0) is 0 Å². The number of aryl methyl sites for hydroxylation is 1. The zero-order valence-corrected chi connectivity index (χ0v) is 9.94. The average molecular weight is 247 g/mol. The molecule has 18 heavy (non-hydrogen) atoms. The lowest BCUT2D eigenvalue weighted by molar-refractivity contribution is 0.0763. The molecule has 1 N–H and O–H groups in total. The van der Waals surface area contributed by atoms with Gasteiger partial charge in [0, 0.05) is 19.3 Å². The number of amides is 1. The highest BCUT2D eigenvalue weighted by Gasteiger charge is 2.27. The van der Waals surface area contributed by atoms with Crippen LogP contribution in [-0.4, -0.2) is 54.7 Å². The first-order chi connectivity index (χ1) is 8.66. The first-order valence-electron chi connectivity index (χ1n) is 5.79. The number of fused-ring (bicyclic) bond motifs is 1. The largest absolute Gasteiger partial charge is 0.391 e. The molecule has 0 bridgehead atoms. The third-order valence-corrected chi connectivity index (χ3v) is 3.23. The fraction of sp³-hybridized carbons (Fsp3) is 0.455. The third-order valence-electron chi connectivity index (χ3n) is 3.23. The molecule has 1 amide bonds. The lowest BCUT2D eigenvalue weighted by atomic mass is 10.2. The zero-order chi connectivity index (χ0) is 12.7. The fourth-order valence-electron chi connectivity index (χ4n) is 2.20. The molecule has 7 heteroatoms. The second-order valence-corrected chi connectivity index (χ2v) is 4.42. The topological polar surface area (TPSA) is 83.6 Å². The maximum atomic E-state index is 12.3. The highest BCUT2D eigenvalue weighted by molar-refractivity contribution is 5.95.